The van der Waals surface area contributed by atoms with Gasteiger partial charge in [0.25, 0.3) is 0 Å². The van der Waals surface area contributed by atoms with E-state index in [1.807, 2.05) is 18.2 Å². The Morgan fingerprint density at radius 1 is 1.29 bits per heavy atom. The Bertz CT molecular complexity index is 873. The van der Waals surface area contributed by atoms with Crippen molar-refractivity contribution >= 4 is 10.0 Å². The van der Waals surface area contributed by atoms with E-state index in [0.717, 1.165) is 12.0 Å². The zero-order chi connectivity index (χ0) is 17.5. The second kappa shape index (κ2) is 5.98. The van der Waals surface area contributed by atoms with Gasteiger partial charge in [0.05, 0.1) is 17.0 Å². The molecule has 3 rings (SSSR count). The number of benzene rings is 1. The maximum atomic E-state index is 12.6. The smallest absolute Gasteiger partial charge is 0.244 e. The fourth-order valence-corrected chi connectivity index (χ4v) is 4.93. The Kier molecular flexibility index (Phi) is 4.27. The minimum absolute atomic E-state index is 0.00254. The van der Waals surface area contributed by atoms with Crippen molar-refractivity contribution in [1.82, 2.24) is 14.5 Å². The lowest BCUT2D eigenvalue weighted by Gasteiger charge is -2.33. The summed E-state index contributed by atoms with van der Waals surface area (Å²) in [6, 6.07) is 7.97. The quantitative estimate of drug-likeness (QED) is 0.870. The highest BCUT2D eigenvalue weighted by Crippen LogP contribution is 2.29. The number of rotatable bonds is 4. The first-order chi connectivity index (χ1) is 11.2. The van der Waals surface area contributed by atoms with Crippen LogP contribution in [0.3, 0.4) is 0 Å². The molecule has 0 saturated heterocycles. The van der Waals surface area contributed by atoms with Crippen molar-refractivity contribution in [3.05, 3.63) is 46.8 Å². The van der Waals surface area contributed by atoms with Gasteiger partial charge >= 0.3 is 0 Å². The standard InChI is InChI=1S/C17H23N3O3S/c1-12-16(13(2)20(3)19-12)24(22,23)18-11-17(21)9-8-14-6-4-5-7-15(14)10-17/h4-7,18,21H,8-11H2,1-3H3/t17-/m0/s1. The SMILES string of the molecule is Cc1nn(C)c(C)c1S(=O)(=O)NC[C@]1(O)CCc2ccccc2C1. The molecule has 1 atom stereocenters. The van der Waals surface area contributed by atoms with E-state index in [1.165, 1.54) is 5.56 Å². The fraction of sp³-hybridized carbons (Fsp3) is 0.471. The van der Waals surface area contributed by atoms with Crippen LogP contribution in [0.1, 0.15) is 28.9 Å². The van der Waals surface area contributed by atoms with Gasteiger partial charge in [-0.2, -0.15) is 5.10 Å². The predicted octanol–water partition coefficient (Wildman–Crippen LogP) is 1.24. The Hall–Kier alpha value is -1.70. The molecule has 0 spiro atoms. The normalized spacial score (nSPS) is 20.8. The lowest BCUT2D eigenvalue weighted by molar-refractivity contribution is 0.0317. The molecule has 1 heterocycles. The van der Waals surface area contributed by atoms with E-state index in [0.29, 0.717) is 24.2 Å². The first-order valence-corrected chi connectivity index (χ1v) is 9.49. The molecular weight excluding hydrogens is 326 g/mol. The molecule has 2 N–H and O–H groups in total. The molecule has 0 bridgehead atoms. The van der Waals surface area contributed by atoms with Crippen LogP contribution in [0.2, 0.25) is 0 Å². The summed E-state index contributed by atoms with van der Waals surface area (Å²) in [7, 11) is -1.99. The highest BCUT2D eigenvalue weighted by atomic mass is 32.2. The lowest BCUT2D eigenvalue weighted by atomic mass is 9.80. The molecule has 7 heteroatoms. The Balaban J connectivity index is 1.78. The molecule has 0 fully saturated rings. The molecule has 1 aromatic carbocycles. The molecule has 0 aliphatic heterocycles. The Morgan fingerprint density at radius 3 is 2.58 bits per heavy atom. The summed E-state index contributed by atoms with van der Waals surface area (Å²) in [6.45, 7) is 3.39. The van der Waals surface area contributed by atoms with E-state index in [1.54, 1.807) is 25.6 Å². The van der Waals surface area contributed by atoms with Crippen molar-refractivity contribution in [3.8, 4) is 0 Å². The number of hydrogen-bond donors (Lipinski definition) is 2. The molecule has 0 unspecified atom stereocenters. The maximum absolute atomic E-state index is 12.6. The van der Waals surface area contributed by atoms with Gasteiger partial charge in [0, 0.05) is 20.0 Å². The molecule has 2 aromatic rings. The second-order valence-electron chi connectivity index (χ2n) is 6.62. The average Bonchev–Trinajstić information content (AvgIpc) is 2.79. The van der Waals surface area contributed by atoms with Crippen molar-refractivity contribution in [2.45, 2.75) is 43.6 Å². The fourth-order valence-electron chi connectivity index (χ4n) is 3.38. The first kappa shape index (κ1) is 17.1. The van der Waals surface area contributed by atoms with Gasteiger partial charge in [-0.15, -0.1) is 0 Å². The summed E-state index contributed by atoms with van der Waals surface area (Å²) in [5.41, 5.74) is 2.29. The molecule has 1 aromatic heterocycles. The average molecular weight is 349 g/mol. The zero-order valence-electron chi connectivity index (χ0n) is 14.2. The van der Waals surface area contributed by atoms with Crippen LogP contribution in [0.15, 0.2) is 29.2 Å². The highest BCUT2D eigenvalue weighted by molar-refractivity contribution is 7.89. The summed E-state index contributed by atoms with van der Waals surface area (Å²) in [4.78, 5) is 0.199. The van der Waals surface area contributed by atoms with Gasteiger partial charge in [-0.1, -0.05) is 24.3 Å². The van der Waals surface area contributed by atoms with E-state index in [-0.39, 0.29) is 11.4 Å². The molecule has 0 saturated carbocycles. The summed E-state index contributed by atoms with van der Waals surface area (Å²) in [6.07, 6.45) is 1.74. The largest absolute Gasteiger partial charge is 0.388 e. The van der Waals surface area contributed by atoms with Crippen LogP contribution >= 0.6 is 0 Å². The minimum Gasteiger partial charge on any atom is -0.388 e. The van der Waals surface area contributed by atoms with Gasteiger partial charge in [0.2, 0.25) is 10.0 Å². The number of aryl methyl sites for hydroxylation is 3. The summed E-state index contributed by atoms with van der Waals surface area (Å²) < 4.78 is 29.4. The number of aromatic nitrogens is 2. The number of nitrogens with one attached hydrogen (secondary N) is 1. The van der Waals surface area contributed by atoms with Crippen LogP contribution in [-0.2, 0) is 29.9 Å². The predicted molar refractivity (Wildman–Crippen MR) is 91.3 cm³/mol. The van der Waals surface area contributed by atoms with Gasteiger partial charge in [-0.05, 0) is 37.8 Å². The number of aliphatic hydroxyl groups is 1. The van der Waals surface area contributed by atoms with Gasteiger partial charge < -0.3 is 5.11 Å². The van der Waals surface area contributed by atoms with Crippen molar-refractivity contribution in [1.29, 1.82) is 0 Å². The van der Waals surface area contributed by atoms with Crippen LogP contribution in [0, 0.1) is 13.8 Å². The highest BCUT2D eigenvalue weighted by Gasteiger charge is 2.34. The molecule has 1 aliphatic carbocycles. The third kappa shape index (κ3) is 3.11. The van der Waals surface area contributed by atoms with Gasteiger partial charge in [-0.25, -0.2) is 13.1 Å². The Labute approximate surface area is 142 Å². The van der Waals surface area contributed by atoms with Crippen LogP contribution in [-0.4, -0.2) is 35.5 Å². The number of fused-ring (bicyclic) bond motifs is 1. The number of nitrogens with zero attached hydrogens (tertiary/aromatic N) is 2. The topological polar surface area (TPSA) is 84.2 Å². The monoisotopic (exact) mass is 349 g/mol. The maximum Gasteiger partial charge on any atom is 0.244 e. The third-order valence-electron chi connectivity index (χ3n) is 4.80. The van der Waals surface area contributed by atoms with Crippen LogP contribution < -0.4 is 4.72 Å². The van der Waals surface area contributed by atoms with E-state index in [9.17, 15) is 13.5 Å². The molecule has 24 heavy (non-hydrogen) atoms. The molecule has 1 aliphatic rings. The number of sulfonamides is 1. The van der Waals surface area contributed by atoms with Crippen molar-refractivity contribution < 1.29 is 13.5 Å². The van der Waals surface area contributed by atoms with Gasteiger partial charge in [0.15, 0.2) is 0 Å². The summed E-state index contributed by atoms with van der Waals surface area (Å²) in [5.74, 6) is 0. The molecule has 6 nitrogen and oxygen atoms in total. The van der Waals surface area contributed by atoms with Crippen molar-refractivity contribution in [2.75, 3.05) is 6.54 Å². The van der Waals surface area contributed by atoms with E-state index in [4.69, 9.17) is 0 Å². The summed E-state index contributed by atoms with van der Waals surface area (Å²) >= 11 is 0. The second-order valence-corrected chi connectivity index (χ2v) is 8.32. The first-order valence-electron chi connectivity index (χ1n) is 8.01. The third-order valence-corrected chi connectivity index (χ3v) is 6.45. The van der Waals surface area contributed by atoms with Crippen LogP contribution in [0.4, 0.5) is 0 Å². The van der Waals surface area contributed by atoms with Gasteiger partial charge in [-0.3, -0.25) is 4.68 Å². The van der Waals surface area contributed by atoms with E-state index >= 15 is 0 Å². The zero-order valence-corrected chi connectivity index (χ0v) is 15.0. The van der Waals surface area contributed by atoms with Gasteiger partial charge in [0.1, 0.15) is 4.90 Å². The molecule has 0 radical (unpaired) electrons. The summed E-state index contributed by atoms with van der Waals surface area (Å²) in [5, 5.41) is 15.0. The molecule has 130 valence electrons. The molecular formula is C17H23N3O3S. The molecule has 0 amide bonds. The minimum atomic E-state index is -3.71. The van der Waals surface area contributed by atoms with E-state index in [2.05, 4.69) is 15.9 Å². The van der Waals surface area contributed by atoms with E-state index < -0.39 is 15.6 Å². The number of hydrogen-bond acceptors (Lipinski definition) is 4. The van der Waals surface area contributed by atoms with Crippen LogP contribution in [0.25, 0.3) is 0 Å². The van der Waals surface area contributed by atoms with Crippen molar-refractivity contribution in [2.24, 2.45) is 7.05 Å². The van der Waals surface area contributed by atoms with Crippen LogP contribution in [0.5, 0.6) is 0 Å². The Morgan fingerprint density at radius 2 is 1.96 bits per heavy atom. The lowest BCUT2D eigenvalue weighted by Crippen LogP contribution is -2.46. The van der Waals surface area contributed by atoms with Crippen molar-refractivity contribution in [3.63, 3.8) is 0 Å².